The van der Waals surface area contributed by atoms with Crippen molar-refractivity contribution in [2.24, 2.45) is 5.92 Å². The van der Waals surface area contributed by atoms with E-state index in [1.807, 2.05) is 42.3 Å². The minimum absolute atomic E-state index is 0.0327. The Hall–Kier alpha value is -2.68. The van der Waals surface area contributed by atoms with Crippen LogP contribution in [-0.4, -0.2) is 50.2 Å². The van der Waals surface area contributed by atoms with Crippen molar-refractivity contribution in [3.8, 4) is 0 Å². The first kappa shape index (κ1) is 16.8. The molecule has 3 aromatic rings. The van der Waals surface area contributed by atoms with E-state index >= 15 is 0 Å². The Labute approximate surface area is 155 Å². The molecule has 0 saturated carbocycles. The van der Waals surface area contributed by atoms with Crippen molar-refractivity contribution in [3.63, 3.8) is 0 Å². The van der Waals surface area contributed by atoms with Gasteiger partial charge in [0.2, 0.25) is 5.91 Å². The maximum absolute atomic E-state index is 12.5. The SMILES string of the molecule is CCn1nnc2c(N3CC(C(=O)Nc4ccccc4SC)C3)ncnc21. The van der Waals surface area contributed by atoms with Crippen molar-refractivity contribution in [2.45, 2.75) is 18.4 Å². The summed E-state index contributed by atoms with van der Waals surface area (Å²) in [7, 11) is 0. The molecule has 0 bridgehead atoms. The molecule has 3 heterocycles. The molecular weight excluding hydrogens is 350 g/mol. The van der Waals surface area contributed by atoms with Crippen LogP contribution in [0.15, 0.2) is 35.5 Å². The number of nitrogens with one attached hydrogen (secondary N) is 1. The average molecular weight is 369 g/mol. The number of hydrogen-bond acceptors (Lipinski definition) is 7. The third kappa shape index (κ3) is 2.88. The molecule has 0 aliphatic carbocycles. The van der Waals surface area contributed by atoms with Crippen LogP contribution in [0.3, 0.4) is 0 Å². The summed E-state index contributed by atoms with van der Waals surface area (Å²) in [4.78, 5) is 24.3. The minimum Gasteiger partial charge on any atom is -0.353 e. The molecule has 0 radical (unpaired) electrons. The smallest absolute Gasteiger partial charge is 0.231 e. The number of para-hydroxylation sites is 1. The number of benzene rings is 1. The highest BCUT2D eigenvalue weighted by Gasteiger charge is 2.35. The monoisotopic (exact) mass is 369 g/mol. The first-order valence-electron chi connectivity index (χ1n) is 8.44. The Balaban J connectivity index is 1.46. The molecule has 8 nitrogen and oxygen atoms in total. The maximum Gasteiger partial charge on any atom is 0.231 e. The van der Waals surface area contributed by atoms with E-state index in [9.17, 15) is 4.79 Å². The predicted molar refractivity (Wildman–Crippen MR) is 101 cm³/mol. The Morgan fingerprint density at radius 2 is 2.12 bits per heavy atom. The molecule has 0 atom stereocenters. The van der Waals surface area contributed by atoms with Crippen molar-refractivity contribution >= 4 is 40.3 Å². The van der Waals surface area contributed by atoms with Gasteiger partial charge in [0, 0.05) is 24.5 Å². The second-order valence-electron chi connectivity index (χ2n) is 6.07. The molecule has 2 aromatic heterocycles. The Morgan fingerprint density at radius 1 is 1.31 bits per heavy atom. The van der Waals surface area contributed by atoms with Crippen LogP contribution < -0.4 is 10.2 Å². The van der Waals surface area contributed by atoms with Crippen LogP contribution >= 0.6 is 11.8 Å². The number of aromatic nitrogens is 5. The molecule has 134 valence electrons. The van der Waals surface area contributed by atoms with Gasteiger partial charge in [-0.15, -0.1) is 16.9 Å². The van der Waals surface area contributed by atoms with Crippen LogP contribution in [0.25, 0.3) is 11.2 Å². The van der Waals surface area contributed by atoms with Crippen LogP contribution in [0, 0.1) is 5.92 Å². The molecule has 1 amide bonds. The Morgan fingerprint density at radius 3 is 2.88 bits per heavy atom. The van der Waals surface area contributed by atoms with E-state index in [1.165, 1.54) is 6.33 Å². The molecule has 1 fully saturated rings. The fourth-order valence-electron chi connectivity index (χ4n) is 3.02. The fourth-order valence-corrected chi connectivity index (χ4v) is 3.58. The van der Waals surface area contributed by atoms with E-state index in [4.69, 9.17) is 0 Å². The number of carbonyl (C=O) groups is 1. The summed E-state index contributed by atoms with van der Waals surface area (Å²) in [5.41, 5.74) is 2.26. The van der Waals surface area contributed by atoms with Gasteiger partial charge in [0.25, 0.3) is 0 Å². The van der Waals surface area contributed by atoms with Gasteiger partial charge in [-0.25, -0.2) is 14.6 Å². The second-order valence-corrected chi connectivity index (χ2v) is 6.91. The lowest BCUT2D eigenvalue weighted by atomic mass is 9.99. The van der Waals surface area contributed by atoms with Crippen LogP contribution in [0.1, 0.15) is 6.92 Å². The van der Waals surface area contributed by atoms with Crippen LogP contribution in [-0.2, 0) is 11.3 Å². The quantitative estimate of drug-likeness (QED) is 0.688. The van der Waals surface area contributed by atoms with Gasteiger partial charge < -0.3 is 10.2 Å². The molecule has 0 unspecified atom stereocenters. The number of nitrogens with zero attached hydrogens (tertiary/aromatic N) is 6. The highest BCUT2D eigenvalue weighted by molar-refractivity contribution is 7.98. The number of thioether (sulfide) groups is 1. The van der Waals surface area contributed by atoms with Gasteiger partial charge >= 0.3 is 0 Å². The first-order valence-corrected chi connectivity index (χ1v) is 9.66. The number of rotatable bonds is 5. The molecule has 9 heteroatoms. The minimum atomic E-state index is -0.0730. The number of fused-ring (bicyclic) bond motifs is 1. The standard InChI is InChI=1S/C17H19N7OS/c1-3-24-16-14(21-22-24)15(18-10-19-16)23-8-11(9-23)17(25)20-12-6-4-5-7-13(12)26-2/h4-7,10-11H,3,8-9H2,1-2H3,(H,20,25). The van der Waals surface area contributed by atoms with Crippen molar-refractivity contribution in [1.82, 2.24) is 25.0 Å². The lowest BCUT2D eigenvalue weighted by Crippen LogP contribution is -2.52. The molecule has 26 heavy (non-hydrogen) atoms. The summed E-state index contributed by atoms with van der Waals surface area (Å²) in [6.45, 7) is 3.91. The molecule has 1 N–H and O–H groups in total. The van der Waals surface area contributed by atoms with Crippen molar-refractivity contribution < 1.29 is 4.79 Å². The molecule has 1 aliphatic rings. The predicted octanol–water partition coefficient (Wildman–Crippen LogP) is 2.04. The van der Waals surface area contributed by atoms with Crippen LogP contribution in [0.2, 0.25) is 0 Å². The molecule has 1 aromatic carbocycles. The zero-order valence-electron chi connectivity index (χ0n) is 14.6. The van der Waals surface area contributed by atoms with E-state index in [2.05, 4.69) is 25.6 Å². The first-order chi connectivity index (χ1) is 12.7. The van der Waals surface area contributed by atoms with Crippen molar-refractivity contribution in [3.05, 3.63) is 30.6 Å². The third-order valence-electron chi connectivity index (χ3n) is 4.50. The number of amides is 1. The summed E-state index contributed by atoms with van der Waals surface area (Å²) in [5.74, 6) is 0.699. The largest absolute Gasteiger partial charge is 0.353 e. The van der Waals surface area contributed by atoms with Gasteiger partial charge in [0.05, 0.1) is 11.6 Å². The molecule has 0 spiro atoms. The van der Waals surface area contributed by atoms with Crippen molar-refractivity contribution in [1.29, 1.82) is 0 Å². The van der Waals surface area contributed by atoms with E-state index in [0.717, 1.165) is 22.0 Å². The Bertz CT molecular complexity index is 951. The highest BCUT2D eigenvalue weighted by Crippen LogP contribution is 2.29. The van der Waals surface area contributed by atoms with Crippen molar-refractivity contribution in [2.75, 3.05) is 29.6 Å². The summed E-state index contributed by atoms with van der Waals surface area (Å²) in [5, 5.41) is 11.3. The maximum atomic E-state index is 12.5. The van der Waals surface area contributed by atoms with Gasteiger partial charge in [-0.1, -0.05) is 17.3 Å². The summed E-state index contributed by atoms with van der Waals surface area (Å²) in [6, 6.07) is 7.83. The lowest BCUT2D eigenvalue weighted by molar-refractivity contribution is -0.120. The van der Waals surface area contributed by atoms with Gasteiger partial charge in [-0.3, -0.25) is 4.79 Å². The summed E-state index contributed by atoms with van der Waals surface area (Å²) < 4.78 is 1.74. The van der Waals surface area contributed by atoms with E-state index in [1.54, 1.807) is 16.4 Å². The molecule has 1 saturated heterocycles. The fraction of sp³-hybridized carbons (Fsp3) is 0.353. The topological polar surface area (TPSA) is 88.8 Å². The molecular formula is C17H19N7OS. The van der Waals surface area contributed by atoms with Crippen LogP contribution in [0.4, 0.5) is 11.5 Å². The third-order valence-corrected chi connectivity index (χ3v) is 5.29. The summed E-state index contributed by atoms with van der Waals surface area (Å²) in [6.07, 6.45) is 3.52. The van der Waals surface area contributed by atoms with Gasteiger partial charge in [0.15, 0.2) is 17.0 Å². The highest BCUT2D eigenvalue weighted by atomic mass is 32.2. The van der Waals surface area contributed by atoms with Gasteiger partial charge in [-0.2, -0.15) is 0 Å². The number of aryl methyl sites for hydroxylation is 1. The van der Waals surface area contributed by atoms with Gasteiger partial charge in [-0.05, 0) is 25.3 Å². The molecule has 4 rings (SSSR count). The lowest BCUT2D eigenvalue weighted by Gasteiger charge is -2.38. The van der Waals surface area contributed by atoms with Crippen LogP contribution in [0.5, 0.6) is 0 Å². The molecule has 1 aliphatic heterocycles. The summed E-state index contributed by atoms with van der Waals surface area (Å²) >= 11 is 1.62. The zero-order valence-corrected chi connectivity index (χ0v) is 15.4. The van der Waals surface area contributed by atoms with Gasteiger partial charge in [0.1, 0.15) is 6.33 Å². The number of carbonyl (C=O) groups excluding carboxylic acids is 1. The normalized spacial score (nSPS) is 14.5. The zero-order chi connectivity index (χ0) is 18.1. The number of anilines is 2. The van der Waals surface area contributed by atoms with E-state index < -0.39 is 0 Å². The van der Waals surface area contributed by atoms with E-state index in [-0.39, 0.29) is 11.8 Å². The van der Waals surface area contributed by atoms with E-state index in [0.29, 0.717) is 25.2 Å². The number of hydrogen-bond donors (Lipinski definition) is 1. The Kier molecular flexibility index (Phi) is 4.46. The second kappa shape index (κ2) is 6.91. The average Bonchev–Trinajstić information content (AvgIpc) is 3.05.